The molecule has 0 saturated carbocycles. The number of rotatable bonds is 6. The van der Waals surface area contributed by atoms with Crippen molar-refractivity contribution in [2.24, 2.45) is 0 Å². The van der Waals surface area contributed by atoms with Gasteiger partial charge in [0.2, 0.25) is 5.91 Å². The number of nitrogens with one attached hydrogen (secondary N) is 1. The fourth-order valence-electron chi connectivity index (χ4n) is 1.71. The Hall–Kier alpha value is -2.15. The molecule has 118 valence electrons. The first-order valence-corrected chi connectivity index (χ1v) is 7.22. The van der Waals surface area contributed by atoms with Crippen LogP contribution in [0.5, 0.6) is 5.75 Å². The third-order valence-corrected chi connectivity index (χ3v) is 2.84. The molecule has 7 nitrogen and oxygen atoms in total. The summed E-state index contributed by atoms with van der Waals surface area (Å²) < 4.78 is 10.7. The predicted octanol–water partition coefficient (Wildman–Crippen LogP) is 2.33. The van der Waals surface area contributed by atoms with Crippen LogP contribution < -0.4 is 10.1 Å². The summed E-state index contributed by atoms with van der Waals surface area (Å²) in [5.41, 5.74) is 0. The SMILES string of the molecule is CC(C)NC(=O)Cc1noc([C@H](C)Oc2ccc(Cl)nc2)n1. The Bertz CT molecular complexity index is 627. The number of ether oxygens (including phenoxy) is 1. The molecule has 1 atom stereocenters. The highest BCUT2D eigenvalue weighted by atomic mass is 35.5. The molecule has 2 aromatic heterocycles. The van der Waals surface area contributed by atoms with Gasteiger partial charge in [-0.1, -0.05) is 16.8 Å². The van der Waals surface area contributed by atoms with Crippen LogP contribution in [-0.4, -0.2) is 27.1 Å². The lowest BCUT2D eigenvalue weighted by atomic mass is 10.3. The van der Waals surface area contributed by atoms with Gasteiger partial charge in [-0.25, -0.2) is 4.98 Å². The number of carbonyl (C=O) groups is 1. The van der Waals surface area contributed by atoms with E-state index < -0.39 is 6.10 Å². The molecule has 0 aliphatic rings. The van der Waals surface area contributed by atoms with E-state index in [2.05, 4.69) is 20.4 Å². The number of pyridine rings is 1. The Balaban J connectivity index is 1.95. The van der Waals surface area contributed by atoms with Crippen LogP contribution in [0.15, 0.2) is 22.9 Å². The van der Waals surface area contributed by atoms with Gasteiger partial charge in [-0.2, -0.15) is 4.98 Å². The van der Waals surface area contributed by atoms with Gasteiger partial charge in [0.15, 0.2) is 11.9 Å². The van der Waals surface area contributed by atoms with Crippen molar-refractivity contribution in [2.45, 2.75) is 39.3 Å². The van der Waals surface area contributed by atoms with Crippen LogP contribution in [0.2, 0.25) is 5.15 Å². The molecular weight excluding hydrogens is 308 g/mol. The van der Waals surface area contributed by atoms with Crippen LogP contribution in [0.4, 0.5) is 0 Å². The van der Waals surface area contributed by atoms with Crippen molar-refractivity contribution in [3.63, 3.8) is 0 Å². The molecule has 0 fully saturated rings. The summed E-state index contributed by atoms with van der Waals surface area (Å²) in [5.74, 6) is 0.993. The lowest BCUT2D eigenvalue weighted by molar-refractivity contribution is -0.121. The standard InChI is InChI=1S/C14H17ClN4O3/c1-8(2)17-13(20)6-12-18-14(22-19-12)9(3)21-10-4-5-11(15)16-7-10/h4-5,7-9H,6H2,1-3H3,(H,17,20)/t9-/m0/s1. The van der Waals surface area contributed by atoms with E-state index in [0.717, 1.165) is 0 Å². The molecule has 0 saturated heterocycles. The molecule has 0 aliphatic heterocycles. The zero-order valence-electron chi connectivity index (χ0n) is 12.5. The number of halogens is 1. The number of amides is 1. The largest absolute Gasteiger partial charge is 0.479 e. The highest BCUT2D eigenvalue weighted by molar-refractivity contribution is 6.29. The molecule has 0 aliphatic carbocycles. The third-order valence-electron chi connectivity index (χ3n) is 2.61. The van der Waals surface area contributed by atoms with Crippen LogP contribution in [0.3, 0.4) is 0 Å². The minimum absolute atomic E-state index is 0.0664. The maximum Gasteiger partial charge on any atom is 0.267 e. The summed E-state index contributed by atoms with van der Waals surface area (Å²) in [6.07, 6.45) is 1.11. The van der Waals surface area contributed by atoms with Crippen LogP contribution in [-0.2, 0) is 11.2 Å². The Kier molecular flexibility index (Phi) is 5.32. The van der Waals surface area contributed by atoms with Crippen LogP contribution in [0, 0.1) is 0 Å². The molecule has 2 rings (SSSR count). The van der Waals surface area contributed by atoms with E-state index in [1.54, 1.807) is 19.1 Å². The predicted molar refractivity (Wildman–Crippen MR) is 79.6 cm³/mol. The summed E-state index contributed by atoms with van der Waals surface area (Å²) >= 11 is 5.71. The van der Waals surface area contributed by atoms with Gasteiger partial charge in [-0.05, 0) is 32.9 Å². The van der Waals surface area contributed by atoms with E-state index in [0.29, 0.717) is 22.6 Å². The zero-order valence-corrected chi connectivity index (χ0v) is 13.3. The second kappa shape index (κ2) is 7.22. The molecule has 2 aromatic rings. The van der Waals surface area contributed by atoms with Crippen molar-refractivity contribution >= 4 is 17.5 Å². The molecule has 0 unspecified atom stereocenters. The van der Waals surface area contributed by atoms with Crippen molar-refractivity contribution in [1.29, 1.82) is 0 Å². The highest BCUT2D eigenvalue weighted by Gasteiger charge is 2.18. The van der Waals surface area contributed by atoms with Crippen LogP contribution >= 0.6 is 11.6 Å². The first-order chi connectivity index (χ1) is 10.4. The molecular formula is C14H17ClN4O3. The Morgan fingerprint density at radius 1 is 1.41 bits per heavy atom. The lowest BCUT2D eigenvalue weighted by Crippen LogP contribution is -2.31. The van der Waals surface area contributed by atoms with Gasteiger partial charge in [0, 0.05) is 6.04 Å². The second-order valence-corrected chi connectivity index (χ2v) is 5.41. The summed E-state index contributed by atoms with van der Waals surface area (Å²) in [5, 5.41) is 6.92. The second-order valence-electron chi connectivity index (χ2n) is 5.02. The van der Waals surface area contributed by atoms with Crippen molar-refractivity contribution in [2.75, 3.05) is 0 Å². The number of nitrogens with zero attached hydrogens (tertiary/aromatic N) is 3. The molecule has 22 heavy (non-hydrogen) atoms. The van der Waals surface area contributed by atoms with Gasteiger partial charge < -0.3 is 14.6 Å². The van der Waals surface area contributed by atoms with E-state index in [-0.39, 0.29) is 18.4 Å². The first-order valence-electron chi connectivity index (χ1n) is 6.84. The Morgan fingerprint density at radius 3 is 2.82 bits per heavy atom. The summed E-state index contributed by atoms with van der Waals surface area (Å²) in [7, 11) is 0. The fraction of sp³-hybridized carbons (Fsp3) is 0.429. The first kappa shape index (κ1) is 16.2. The Labute approximate surface area is 133 Å². The van der Waals surface area contributed by atoms with Gasteiger partial charge in [-0.3, -0.25) is 4.79 Å². The average molecular weight is 325 g/mol. The lowest BCUT2D eigenvalue weighted by Gasteiger charge is -2.09. The fourth-order valence-corrected chi connectivity index (χ4v) is 1.82. The van der Waals surface area contributed by atoms with Crippen LogP contribution in [0.1, 0.15) is 38.6 Å². The average Bonchev–Trinajstić information content (AvgIpc) is 2.89. The van der Waals surface area contributed by atoms with E-state index in [9.17, 15) is 4.79 Å². The number of aromatic nitrogens is 3. The van der Waals surface area contributed by atoms with E-state index >= 15 is 0 Å². The molecule has 0 aromatic carbocycles. The van der Waals surface area contributed by atoms with Crippen molar-refractivity contribution in [3.05, 3.63) is 35.2 Å². The third kappa shape index (κ3) is 4.70. The van der Waals surface area contributed by atoms with Gasteiger partial charge in [0.05, 0.1) is 12.6 Å². The molecule has 1 amide bonds. The van der Waals surface area contributed by atoms with Gasteiger partial charge in [-0.15, -0.1) is 0 Å². The maximum atomic E-state index is 11.6. The van der Waals surface area contributed by atoms with Crippen molar-refractivity contribution in [3.8, 4) is 5.75 Å². The van der Waals surface area contributed by atoms with E-state index in [4.69, 9.17) is 20.9 Å². The van der Waals surface area contributed by atoms with Crippen molar-refractivity contribution < 1.29 is 14.1 Å². The van der Waals surface area contributed by atoms with E-state index in [1.807, 2.05) is 13.8 Å². The maximum absolute atomic E-state index is 11.6. The summed E-state index contributed by atoms with van der Waals surface area (Å²) in [4.78, 5) is 19.7. The smallest absolute Gasteiger partial charge is 0.267 e. The molecule has 0 radical (unpaired) electrons. The highest BCUT2D eigenvalue weighted by Crippen LogP contribution is 2.20. The monoisotopic (exact) mass is 324 g/mol. The minimum Gasteiger partial charge on any atom is -0.479 e. The van der Waals surface area contributed by atoms with Gasteiger partial charge >= 0.3 is 0 Å². The normalized spacial score (nSPS) is 12.2. The minimum atomic E-state index is -0.461. The van der Waals surface area contributed by atoms with Gasteiger partial charge in [0.25, 0.3) is 5.89 Å². The molecule has 2 heterocycles. The van der Waals surface area contributed by atoms with Crippen LogP contribution in [0.25, 0.3) is 0 Å². The topological polar surface area (TPSA) is 90.1 Å². The zero-order chi connectivity index (χ0) is 16.1. The van der Waals surface area contributed by atoms with Gasteiger partial charge in [0.1, 0.15) is 10.9 Å². The summed E-state index contributed by atoms with van der Waals surface area (Å²) in [6.45, 7) is 5.53. The Morgan fingerprint density at radius 2 is 2.18 bits per heavy atom. The quantitative estimate of drug-likeness (QED) is 0.820. The van der Waals surface area contributed by atoms with E-state index in [1.165, 1.54) is 6.20 Å². The molecule has 0 spiro atoms. The molecule has 1 N–H and O–H groups in total. The number of hydrogen-bond donors (Lipinski definition) is 1. The molecule has 8 heteroatoms. The summed E-state index contributed by atoms with van der Waals surface area (Å²) in [6, 6.07) is 3.39. The number of hydrogen-bond acceptors (Lipinski definition) is 6. The van der Waals surface area contributed by atoms with Crippen molar-refractivity contribution in [1.82, 2.24) is 20.4 Å². The molecule has 0 bridgehead atoms. The number of carbonyl (C=O) groups excluding carboxylic acids is 1.